The molecule has 0 fully saturated rings. The molecular weight excluding hydrogens is 431 g/mol. The van der Waals surface area contributed by atoms with Gasteiger partial charge in [-0.3, -0.25) is 0 Å². The van der Waals surface area contributed by atoms with Crippen LogP contribution < -0.4 is 15.9 Å². The van der Waals surface area contributed by atoms with E-state index in [9.17, 15) is 4.79 Å². The molecule has 2 nitrogen and oxygen atoms in total. The summed E-state index contributed by atoms with van der Waals surface area (Å²) in [5.74, 6) is -0.701. The molecule has 3 rings (SSSR count). The minimum atomic E-state index is -2.15. The number of carbonyl (C=O) groups is 1. The van der Waals surface area contributed by atoms with Gasteiger partial charge in [-0.05, 0) is 0 Å². The Labute approximate surface area is 178 Å². The van der Waals surface area contributed by atoms with Crippen molar-refractivity contribution < 1.29 is 9.90 Å². The summed E-state index contributed by atoms with van der Waals surface area (Å²) >= 11 is 0. The van der Waals surface area contributed by atoms with Crippen molar-refractivity contribution in [3.05, 3.63) is 91.0 Å². The van der Waals surface area contributed by atoms with E-state index in [0.717, 1.165) is 25.4 Å². The van der Waals surface area contributed by atoms with E-state index in [1.165, 1.54) is 15.9 Å². The van der Waals surface area contributed by atoms with Crippen LogP contribution in [0.5, 0.6) is 0 Å². The molecule has 3 aromatic rings. The minimum absolute atomic E-state index is 0. The summed E-state index contributed by atoms with van der Waals surface area (Å²) in [6, 6.07) is 32.6. The predicted molar refractivity (Wildman–Crippen MR) is 128 cm³/mol. The second-order valence-electron chi connectivity index (χ2n) is 6.96. The van der Waals surface area contributed by atoms with E-state index >= 15 is 0 Å². The van der Waals surface area contributed by atoms with E-state index in [2.05, 4.69) is 91.0 Å². The molecule has 0 amide bonds. The number of aliphatic carboxylic acids is 1. The first-order chi connectivity index (χ1) is 13.2. The van der Waals surface area contributed by atoms with Gasteiger partial charge in [-0.15, -0.1) is 17.0 Å². The van der Waals surface area contributed by atoms with Crippen LogP contribution in [0.2, 0.25) is 0 Å². The van der Waals surface area contributed by atoms with Gasteiger partial charge in [0.25, 0.3) is 0 Å². The average molecular weight is 459 g/mol. The van der Waals surface area contributed by atoms with Crippen LogP contribution in [0.25, 0.3) is 0 Å². The van der Waals surface area contributed by atoms with Crippen molar-refractivity contribution in [3.8, 4) is 0 Å². The summed E-state index contributed by atoms with van der Waals surface area (Å²) in [6.45, 7) is 0. The number of hydrogen-bond acceptors (Lipinski definition) is 1. The molecule has 0 spiro atoms. The van der Waals surface area contributed by atoms with Gasteiger partial charge in [0.1, 0.15) is 0 Å². The van der Waals surface area contributed by atoms with E-state index in [4.69, 9.17) is 5.11 Å². The number of halogens is 1. The summed E-state index contributed by atoms with van der Waals surface area (Å²) in [5.41, 5.74) is 0. The SMILES string of the molecule is Br.O=C(O)CCCCC[PH](c1ccccc1)(c1ccccc1)c1ccccc1. The van der Waals surface area contributed by atoms with Gasteiger partial charge < -0.3 is 0 Å². The molecule has 0 bridgehead atoms. The zero-order chi connectivity index (χ0) is 19.0. The Kier molecular flexibility index (Phi) is 8.89. The normalized spacial score (nSPS) is 11.4. The quantitative estimate of drug-likeness (QED) is 0.364. The van der Waals surface area contributed by atoms with Crippen molar-refractivity contribution >= 4 is 46.1 Å². The number of carboxylic acid groups (broad SMARTS) is 1. The van der Waals surface area contributed by atoms with Gasteiger partial charge in [0, 0.05) is 0 Å². The van der Waals surface area contributed by atoms with Crippen LogP contribution in [-0.4, -0.2) is 17.2 Å². The molecule has 0 radical (unpaired) electrons. The summed E-state index contributed by atoms with van der Waals surface area (Å²) in [5, 5.41) is 13.2. The molecule has 0 unspecified atom stereocenters. The van der Waals surface area contributed by atoms with Gasteiger partial charge in [-0.2, -0.15) is 0 Å². The van der Waals surface area contributed by atoms with E-state index < -0.39 is 13.2 Å². The van der Waals surface area contributed by atoms with Crippen molar-refractivity contribution in [2.45, 2.75) is 25.7 Å². The third-order valence-corrected chi connectivity index (χ3v) is 10.3. The fraction of sp³-hybridized carbons (Fsp3) is 0.208. The maximum absolute atomic E-state index is 10.8. The summed E-state index contributed by atoms with van der Waals surface area (Å²) in [6.07, 6.45) is 4.09. The average Bonchev–Trinajstić information content (AvgIpc) is 2.73. The Hall–Kier alpha value is -1.96. The van der Waals surface area contributed by atoms with Gasteiger partial charge >= 0.3 is 162 Å². The van der Waals surface area contributed by atoms with Gasteiger partial charge in [-0.25, -0.2) is 0 Å². The van der Waals surface area contributed by atoms with Crippen molar-refractivity contribution in [3.63, 3.8) is 0 Å². The molecule has 148 valence electrons. The zero-order valence-corrected chi connectivity index (χ0v) is 18.7. The Morgan fingerprint density at radius 2 is 1.04 bits per heavy atom. The first-order valence-corrected chi connectivity index (χ1v) is 11.8. The Balaban J connectivity index is 0.00000280. The third-order valence-electron chi connectivity index (χ3n) is 5.24. The molecule has 0 saturated heterocycles. The maximum atomic E-state index is 10.8. The molecule has 0 aliphatic heterocycles. The van der Waals surface area contributed by atoms with Crippen molar-refractivity contribution in [2.75, 3.05) is 6.16 Å². The second-order valence-corrected chi connectivity index (χ2v) is 11.0. The van der Waals surface area contributed by atoms with E-state index in [1.807, 2.05) is 0 Å². The van der Waals surface area contributed by atoms with Crippen LogP contribution >= 0.6 is 24.2 Å². The molecule has 0 atom stereocenters. The Morgan fingerprint density at radius 3 is 1.39 bits per heavy atom. The first-order valence-electron chi connectivity index (χ1n) is 9.62. The number of rotatable bonds is 9. The van der Waals surface area contributed by atoms with Crippen LogP contribution in [0, 0.1) is 0 Å². The molecule has 28 heavy (non-hydrogen) atoms. The zero-order valence-electron chi connectivity index (χ0n) is 16.0. The third kappa shape index (κ3) is 5.31. The van der Waals surface area contributed by atoms with Crippen molar-refractivity contribution in [2.24, 2.45) is 0 Å². The first kappa shape index (κ1) is 22.3. The fourth-order valence-corrected chi connectivity index (χ4v) is 8.88. The molecule has 4 heteroatoms. The van der Waals surface area contributed by atoms with Crippen LogP contribution in [0.4, 0.5) is 0 Å². The number of carboxylic acids is 1. The Bertz CT molecular complexity index is 742. The molecule has 0 heterocycles. The van der Waals surface area contributed by atoms with Crippen LogP contribution in [0.15, 0.2) is 91.0 Å². The van der Waals surface area contributed by atoms with Gasteiger partial charge in [0.05, 0.1) is 0 Å². The number of hydrogen-bond donors (Lipinski definition) is 1. The fourth-order valence-electron chi connectivity index (χ4n) is 3.94. The second kappa shape index (κ2) is 11.1. The van der Waals surface area contributed by atoms with E-state index in [1.54, 1.807) is 0 Å². The molecule has 0 aliphatic carbocycles. The molecule has 0 aromatic heterocycles. The van der Waals surface area contributed by atoms with Crippen LogP contribution in [0.1, 0.15) is 25.7 Å². The van der Waals surface area contributed by atoms with Crippen molar-refractivity contribution in [1.29, 1.82) is 0 Å². The predicted octanol–water partition coefficient (Wildman–Crippen LogP) is 4.94. The Morgan fingerprint density at radius 1 is 0.643 bits per heavy atom. The van der Waals surface area contributed by atoms with Crippen molar-refractivity contribution in [1.82, 2.24) is 0 Å². The summed E-state index contributed by atoms with van der Waals surface area (Å²) in [4.78, 5) is 10.8. The molecule has 0 saturated carbocycles. The summed E-state index contributed by atoms with van der Waals surface area (Å²) in [7, 11) is -2.15. The van der Waals surface area contributed by atoms with Gasteiger partial charge in [-0.1, -0.05) is 0 Å². The molecule has 1 N–H and O–H groups in total. The standard InChI is InChI=1S/C24H27O2P.BrH/c25-24(26)19-11-4-12-20-27(21-13-5-1-6-14-21,22-15-7-2-8-16-22)23-17-9-3-10-18-23;/h1-3,5-10,13-18,27H,4,11-12,19-20H2,(H,25,26);1H. The molecular formula is C24H28BrO2P. The molecule has 3 aromatic carbocycles. The monoisotopic (exact) mass is 458 g/mol. The van der Waals surface area contributed by atoms with Gasteiger partial charge in [0.2, 0.25) is 0 Å². The van der Waals surface area contributed by atoms with Crippen LogP contribution in [-0.2, 0) is 4.79 Å². The molecule has 0 aliphatic rings. The summed E-state index contributed by atoms with van der Waals surface area (Å²) < 4.78 is 0. The number of benzene rings is 3. The van der Waals surface area contributed by atoms with Crippen LogP contribution in [0.3, 0.4) is 0 Å². The topological polar surface area (TPSA) is 37.3 Å². The van der Waals surface area contributed by atoms with E-state index in [-0.39, 0.29) is 23.4 Å². The van der Waals surface area contributed by atoms with E-state index in [0.29, 0.717) is 0 Å². The van der Waals surface area contributed by atoms with Gasteiger partial charge in [0.15, 0.2) is 0 Å². The number of unbranched alkanes of at least 4 members (excludes halogenated alkanes) is 2.